The van der Waals surface area contributed by atoms with Gasteiger partial charge in [-0.2, -0.15) is 4.91 Å². The first-order valence-corrected chi connectivity index (χ1v) is 10.0. The van der Waals surface area contributed by atoms with E-state index >= 15 is 0 Å². The van der Waals surface area contributed by atoms with Crippen molar-refractivity contribution < 1.29 is 14.6 Å². The second-order valence-electron chi connectivity index (χ2n) is 7.28. The molecule has 30 heavy (non-hydrogen) atoms. The van der Waals surface area contributed by atoms with Crippen molar-refractivity contribution >= 4 is 5.97 Å². The molecule has 0 radical (unpaired) electrons. The van der Waals surface area contributed by atoms with E-state index in [1.807, 2.05) is 60.7 Å². The normalized spacial score (nSPS) is 11.6. The third-order valence-corrected chi connectivity index (χ3v) is 5.07. The molecule has 5 nitrogen and oxygen atoms in total. The van der Waals surface area contributed by atoms with Gasteiger partial charge < -0.3 is 9.84 Å². The maximum Gasteiger partial charge on any atom is 0.335 e. The van der Waals surface area contributed by atoms with Crippen molar-refractivity contribution in [1.29, 1.82) is 0 Å². The molecule has 0 saturated heterocycles. The first-order chi connectivity index (χ1) is 14.6. The molecule has 0 aliphatic rings. The molecule has 0 fully saturated rings. The second kappa shape index (κ2) is 10.3. The van der Waals surface area contributed by atoms with Crippen molar-refractivity contribution in [2.45, 2.75) is 38.8 Å². The Morgan fingerprint density at radius 2 is 1.70 bits per heavy atom. The van der Waals surface area contributed by atoms with E-state index in [0.29, 0.717) is 12.2 Å². The van der Waals surface area contributed by atoms with E-state index < -0.39 is 12.0 Å². The zero-order valence-electron chi connectivity index (χ0n) is 17.0. The lowest BCUT2D eigenvalue weighted by Crippen LogP contribution is -2.01. The summed E-state index contributed by atoms with van der Waals surface area (Å²) in [6, 6.07) is 22.3. The predicted octanol–water partition coefficient (Wildman–Crippen LogP) is 5.97. The molecule has 0 aliphatic carbocycles. The molecule has 5 heteroatoms. The highest BCUT2D eigenvalue weighted by atomic mass is 16.5. The number of ether oxygens (including phenoxy) is 1. The Balaban J connectivity index is 1.69. The average molecular weight is 403 g/mol. The van der Waals surface area contributed by atoms with Crippen molar-refractivity contribution in [2.24, 2.45) is 5.18 Å². The van der Waals surface area contributed by atoms with Crippen molar-refractivity contribution in [2.75, 3.05) is 0 Å². The van der Waals surface area contributed by atoms with E-state index in [-0.39, 0.29) is 0 Å². The van der Waals surface area contributed by atoms with Crippen molar-refractivity contribution in [3.63, 3.8) is 0 Å². The number of carboxylic acid groups (broad SMARTS) is 1. The maximum absolute atomic E-state index is 11.0. The summed E-state index contributed by atoms with van der Waals surface area (Å²) in [6.45, 7) is 2.26. The lowest BCUT2D eigenvalue weighted by atomic mass is 9.99. The fourth-order valence-corrected chi connectivity index (χ4v) is 3.29. The smallest absolute Gasteiger partial charge is 0.335 e. The largest absolute Gasteiger partial charge is 0.489 e. The van der Waals surface area contributed by atoms with Gasteiger partial charge in [0.2, 0.25) is 0 Å². The summed E-state index contributed by atoms with van der Waals surface area (Å²) in [4.78, 5) is 21.9. The Labute approximate surface area is 176 Å². The molecule has 1 atom stereocenters. The summed E-state index contributed by atoms with van der Waals surface area (Å²) >= 11 is 0. The summed E-state index contributed by atoms with van der Waals surface area (Å²) in [5, 5.41) is 12.1. The molecule has 0 aromatic heterocycles. The lowest BCUT2D eigenvalue weighted by molar-refractivity contribution is 0.0697. The SMILES string of the molecule is CC(N=O)c1ccc(OCc2ccccc2)c(CCCc2ccc(C(=O)O)cc2)c1. The van der Waals surface area contributed by atoms with Crippen molar-refractivity contribution in [3.05, 3.63) is 106 Å². The van der Waals surface area contributed by atoms with Crippen LogP contribution < -0.4 is 4.74 Å². The van der Waals surface area contributed by atoms with E-state index in [4.69, 9.17) is 9.84 Å². The minimum Gasteiger partial charge on any atom is -0.489 e. The number of hydrogen-bond acceptors (Lipinski definition) is 4. The molecule has 154 valence electrons. The van der Waals surface area contributed by atoms with E-state index in [0.717, 1.165) is 47.3 Å². The number of hydrogen-bond donors (Lipinski definition) is 1. The quantitative estimate of drug-likeness (QED) is 0.423. The fraction of sp³-hybridized carbons (Fsp3) is 0.240. The zero-order chi connectivity index (χ0) is 21.3. The van der Waals surface area contributed by atoms with Crippen molar-refractivity contribution in [3.8, 4) is 5.75 Å². The highest BCUT2D eigenvalue weighted by Crippen LogP contribution is 2.27. The lowest BCUT2D eigenvalue weighted by Gasteiger charge is -2.14. The fourth-order valence-electron chi connectivity index (χ4n) is 3.29. The molecule has 0 amide bonds. The van der Waals surface area contributed by atoms with Gasteiger partial charge in [0.15, 0.2) is 0 Å². The van der Waals surface area contributed by atoms with E-state index in [1.54, 1.807) is 19.1 Å². The Morgan fingerprint density at radius 1 is 0.967 bits per heavy atom. The number of nitrogens with zero attached hydrogens (tertiary/aromatic N) is 1. The topological polar surface area (TPSA) is 76.0 Å². The van der Waals surface area contributed by atoms with Gasteiger partial charge in [-0.1, -0.05) is 53.7 Å². The first kappa shape index (κ1) is 21.2. The molecular weight excluding hydrogens is 378 g/mol. The number of carboxylic acids is 1. The number of aryl methyl sites for hydroxylation is 2. The third kappa shape index (κ3) is 5.77. The van der Waals surface area contributed by atoms with Gasteiger partial charge in [-0.3, -0.25) is 0 Å². The molecule has 0 aliphatic heterocycles. The monoisotopic (exact) mass is 403 g/mol. The van der Waals surface area contributed by atoms with Crippen LogP contribution in [-0.4, -0.2) is 11.1 Å². The second-order valence-corrected chi connectivity index (χ2v) is 7.28. The molecule has 1 unspecified atom stereocenters. The minimum absolute atomic E-state index is 0.290. The van der Waals surface area contributed by atoms with Crippen LogP contribution in [0.5, 0.6) is 5.75 Å². The van der Waals surface area contributed by atoms with E-state index in [9.17, 15) is 9.70 Å². The molecular formula is C25H25NO4. The van der Waals surface area contributed by atoms with Crippen LogP contribution in [0.1, 0.15) is 52.0 Å². The number of benzene rings is 3. The molecule has 3 aromatic carbocycles. The molecule has 0 saturated carbocycles. The Kier molecular flexibility index (Phi) is 7.33. The summed E-state index contributed by atoms with van der Waals surface area (Å²) in [6.07, 6.45) is 2.48. The Bertz CT molecular complexity index is 984. The summed E-state index contributed by atoms with van der Waals surface area (Å²) in [5.41, 5.74) is 4.39. The van der Waals surface area contributed by atoms with Gasteiger partial charge in [-0.15, -0.1) is 0 Å². The van der Waals surface area contributed by atoms with Gasteiger partial charge in [-0.25, -0.2) is 4.79 Å². The molecule has 3 rings (SSSR count). The van der Waals surface area contributed by atoms with Gasteiger partial charge in [-0.05, 0) is 72.7 Å². The number of aromatic carboxylic acids is 1. The number of nitroso groups, excluding NO2 is 1. The van der Waals surface area contributed by atoms with Crippen LogP contribution in [0.2, 0.25) is 0 Å². The van der Waals surface area contributed by atoms with Gasteiger partial charge >= 0.3 is 5.97 Å². The van der Waals surface area contributed by atoms with Crippen LogP contribution in [0.3, 0.4) is 0 Å². The van der Waals surface area contributed by atoms with Crippen molar-refractivity contribution in [1.82, 2.24) is 0 Å². The first-order valence-electron chi connectivity index (χ1n) is 10.0. The third-order valence-electron chi connectivity index (χ3n) is 5.07. The minimum atomic E-state index is -0.920. The van der Waals surface area contributed by atoms with E-state index in [2.05, 4.69) is 5.18 Å². The van der Waals surface area contributed by atoms with Crippen LogP contribution in [0.15, 0.2) is 78.0 Å². The molecule has 0 bridgehead atoms. The standard InChI is InChI=1S/C25H25NO4/c1-18(26-29)22-14-15-24(30-17-20-6-3-2-4-7-20)23(16-22)9-5-8-19-10-12-21(13-11-19)25(27)28/h2-4,6-7,10-16,18H,5,8-9,17H2,1H3,(H,27,28). The maximum atomic E-state index is 11.0. The van der Waals surface area contributed by atoms with Gasteiger partial charge in [0, 0.05) is 0 Å². The van der Waals surface area contributed by atoms with Gasteiger partial charge in [0.1, 0.15) is 18.4 Å². The summed E-state index contributed by atoms with van der Waals surface area (Å²) in [5.74, 6) is -0.113. The predicted molar refractivity (Wildman–Crippen MR) is 117 cm³/mol. The Morgan fingerprint density at radius 3 is 2.37 bits per heavy atom. The van der Waals surface area contributed by atoms with Crippen LogP contribution in [0, 0.1) is 4.91 Å². The molecule has 0 heterocycles. The molecule has 1 N–H and O–H groups in total. The van der Waals surface area contributed by atoms with Gasteiger partial charge in [0.25, 0.3) is 0 Å². The highest BCUT2D eigenvalue weighted by Gasteiger charge is 2.11. The zero-order valence-corrected chi connectivity index (χ0v) is 17.0. The number of carbonyl (C=O) groups is 1. The molecule has 3 aromatic rings. The summed E-state index contributed by atoms with van der Waals surface area (Å²) in [7, 11) is 0. The Hall–Kier alpha value is -3.47. The van der Waals surface area contributed by atoms with Crippen LogP contribution in [0.25, 0.3) is 0 Å². The molecule has 0 spiro atoms. The van der Waals surface area contributed by atoms with Crippen LogP contribution in [0.4, 0.5) is 0 Å². The summed E-state index contributed by atoms with van der Waals surface area (Å²) < 4.78 is 6.06. The highest BCUT2D eigenvalue weighted by molar-refractivity contribution is 5.87. The van der Waals surface area contributed by atoms with E-state index in [1.165, 1.54) is 0 Å². The number of rotatable bonds is 10. The average Bonchev–Trinajstić information content (AvgIpc) is 2.78. The van der Waals surface area contributed by atoms with Crippen LogP contribution >= 0.6 is 0 Å². The van der Waals surface area contributed by atoms with Gasteiger partial charge in [0.05, 0.1) is 5.56 Å². The van der Waals surface area contributed by atoms with Crippen LogP contribution in [-0.2, 0) is 19.4 Å².